The molecule has 0 atom stereocenters. The molecule has 0 spiro atoms. The maximum Gasteiger partial charge on any atom is 0.247 e. The van der Waals surface area contributed by atoms with E-state index in [4.69, 9.17) is 0 Å². The van der Waals surface area contributed by atoms with Crippen molar-refractivity contribution in [2.24, 2.45) is 0 Å². The first-order valence-corrected chi connectivity index (χ1v) is 9.39. The summed E-state index contributed by atoms with van der Waals surface area (Å²) in [7, 11) is 1.53. The Morgan fingerprint density at radius 1 is 1.14 bits per heavy atom. The number of fused-ring (bicyclic) bond motifs is 1. The Kier molecular flexibility index (Phi) is 5.73. The highest BCUT2D eigenvalue weighted by molar-refractivity contribution is 5.99. The zero-order valence-corrected chi connectivity index (χ0v) is 17.0. The fourth-order valence-corrected chi connectivity index (χ4v) is 3.30. The SMILES string of the molecule is CNC(=O)CNC(=O)/C(C)=C/c1cc(C)c(-c2cc(O)c3[nH]ccc3c2)cc1C. The molecule has 6 nitrogen and oxygen atoms in total. The fraction of sp³-hybridized carbons (Fsp3) is 0.217. The maximum atomic E-state index is 12.2. The topological polar surface area (TPSA) is 94.2 Å². The number of aromatic amines is 1. The third-order valence-electron chi connectivity index (χ3n) is 4.98. The van der Waals surface area contributed by atoms with Gasteiger partial charge in [0.15, 0.2) is 0 Å². The molecule has 2 amide bonds. The Morgan fingerprint density at radius 3 is 2.62 bits per heavy atom. The summed E-state index contributed by atoms with van der Waals surface area (Å²) in [6.45, 7) is 5.66. The average Bonchev–Trinajstić information content (AvgIpc) is 3.17. The van der Waals surface area contributed by atoms with E-state index >= 15 is 0 Å². The molecule has 3 aromatic rings. The maximum absolute atomic E-state index is 12.2. The van der Waals surface area contributed by atoms with Gasteiger partial charge in [0, 0.05) is 24.2 Å². The van der Waals surface area contributed by atoms with Gasteiger partial charge >= 0.3 is 0 Å². The molecule has 3 rings (SSSR count). The lowest BCUT2D eigenvalue weighted by atomic mass is 9.93. The minimum absolute atomic E-state index is 0.0530. The molecular formula is C23H25N3O3. The molecule has 0 unspecified atom stereocenters. The fourth-order valence-electron chi connectivity index (χ4n) is 3.30. The number of hydrogen-bond donors (Lipinski definition) is 4. The standard InChI is InChI=1S/C23H25N3O3/c1-13-9-19(18-10-16-5-6-25-22(16)20(27)11-18)14(2)7-17(13)8-15(3)23(29)26-12-21(28)24-4/h5-11,25,27H,12H2,1-4H3,(H,24,28)(H,26,29)/b15-8+. The van der Waals surface area contributed by atoms with Gasteiger partial charge in [-0.1, -0.05) is 12.1 Å². The van der Waals surface area contributed by atoms with Crippen LogP contribution >= 0.6 is 0 Å². The van der Waals surface area contributed by atoms with Crippen molar-refractivity contribution in [3.05, 3.63) is 58.8 Å². The number of benzene rings is 2. The highest BCUT2D eigenvalue weighted by atomic mass is 16.3. The van der Waals surface area contributed by atoms with Crippen LogP contribution < -0.4 is 10.6 Å². The molecule has 0 saturated heterocycles. The minimum Gasteiger partial charge on any atom is -0.506 e. The van der Waals surface area contributed by atoms with Gasteiger partial charge in [0.2, 0.25) is 11.8 Å². The Bertz CT molecular complexity index is 1130. The molecule has 1 heterocycles. The molecule has 1 aromatic heterocycles. The van der Waals surface area contributed by atoms with Crippen LogP contribution in [0.1, 0.15) is 23.6 Å². The van der Waals surface area contributed by atoms with Crippen LogP contribution in [0, 0.1) is 13.8 Å². The summed E-state index contributed by atoms with van der Waals surface area (Å²) in [5.74, 6) is -0.310. The van der Waals surface area contributed by atoms with Gasteiger partial charge in [-0.2, -0.15) is 0 Å². The summed E-state index contributed by atoms with van der Waals surface area (Å²) in [4.78, 5) is 26.5. The van der Waals surface area contributed by atoms with Crippen LogP contribution in [0.25, 0.3) is 28.1 Å². The quantitative estimate of drug-likeness (QED) is 0.502. The molecule has 150 valence electrons. The first-order chi connectivity index (χ1) is 13.8. The molecule has 0 bridgehead atoms. The van der Waals surface area contributed by atoms with Gasteiger partial charge < -0.3 is 20.7 Å². The van der Waals surface area contributed by atoms with E-state index in [-0.39, 0.29) is 24.1 Å². The third-order valence-corrected chi connectivity index (χ3v) is 4.98. The number of carbonyl (C=O) groups is 2. The van der Waals surface area contributed by atoms with E-state index < -0.39 is 0 Å². The first-order valence-electron chi connectivity index (χ1n) is 9.39. The van der Waals surface area contributed by atoms with E-state index in [1.165, 1.54) is 7.05 Å². The highest BCUT2D eigenvalue weighted by Gasteiger charge is 2.11. The van der Waals surface area contributed by atoms with E-state index in [2.05, 4.69) is 21.7 Å². The molecule has 0 aliphatic carbocycles. The number of carbonyl (C=O) groups excluding carboxylic acids is 2. The average molecular weight is 391 g/mol. The second-order valence-electron chi connectivity index (χ2n) is 7.14. The van der Waals surface area contributed by atoms with Gasteiger partial charge in [0.05, 0.1) is 12.1 Å². The van der Waals surface area contributed by atoms with Crippen molar-refractivity contribution >= 4 is 28.8 Å². The predicted octanol–water partition coefficient (Wildman–Crippen LogP) is 3.42. The molecular weight excluding hydrogens is 366 g/mol. The van der Waals surface area contributed by atoms with Crippen LogP contribution in [0.5, 0.6) is 5.75 Å². The third kappa shape index (κ3) is 4.32. The Balaban J connectivity index is 1.90. The Morgan fingerprint density at radius 2 is 1.90 bits per heavy atom. The molecule has 2 aromatic carbocycles. The number of aryl methyl sites for hydroxylation is 2. The monoisotopic (exact) mass is 391 g/mol. The van der Waals surface area contributed by atoms with Crippen molar-refractivity contribution in [2.75, 3.05) is 13.6 Å². The molecule has 0 aliphatic heterocycles. The number of nitrogens with one attached hydrogen (secondary N) is 3. The molecule has 0 radical (unpaired) electrons. The number of phenols is 1. The van der Waals surface area contributed by atoms with Crippen LogP contribution in [-0.2, 0) is 9.59 Å². The van der Waals surface area contributed by atoms with Gasteiger partial charge in [-0.25, -0.2) is 0 Å². The molecule has 6 heteroatoms. The van der Waals surface area contributed by atoms with E-state index in [1.807, 2.05) is 38.1 Å². The summed E-state index contributed by atoms with van der Waals surface area (Å²) >= 11 is 0. The van der Waals surface area contributed by atoms with E-state index in [0.717, 1.165) is 38.7 Å². The van der Waals surface area contributed by atoms with Gasteiger partial charge in [-0.15, -0.1) is 0 Å². The number of hydrogen-bond acceptors (Lipinski definition) is 3. The van der Waals surface area contributed by atoms with Crippen molar-refractivity contribution in [1.82, 2.24) is 15.6 Å². The number of phenolic OH excluding ortho intramolecular Hbond substituents is 1. The first kappa shape index (κ1) is 20.2. The highest BCUT2D eigenvalue weighted by Crippen LogP contribution is 2.34. The van der Waals surface area contributed by atoms with Crippen molar-refractivity contribution in [3.8, 4) is 16.9 Å². The van der Waals surface area contributed by atoms with Crippen molar-refractivity contribution in [3.63, 3.8) is 0 Å². The number of aromatic hydroxyl groups is 1. The Labute approximate surface area is 169 Å². The van der Waals surface area contributed by atoms with Crippen molar-refractivity contribution < 1.29 is 14.7 Å². The predicted molar refractivity (Wildman–Crippen MR) is 116 cm³/mol. The van der Waals surface area contributed by atoms with Crippen LogP contribution in [0.3, 0.4) is 0 Å². The number of aromatic nitrogens is 1. The lowest BCUT2D eigenvalue weighted by Gasteiger charge is -2.12. The van der Waals surface area contributed by atoms with Crippen molar-refractivity contribution in [1.29, 1.82) is 0 Å². The van der Waals surface area contributed by atoms with Gasteiger partial charge in [-0.05, 0) is 72.9 Å². The van der Waals surface area contributed by atoms with E-state index in [9.17, 15) is 14.7 Å². The molecule has 4 N–H and O–H groups in total. The van der Waals surface area contributed by atoms with E-state index in [0.29, 0.717) is 5.57 Å². The lowest BCUT2D eigenvalue weighted by molar-refractivity contribution is -0.123. The molecule has 0 saturated carbocycles. The second kappa shape index (κ2) is 8.22. The number of amides is 2. The Hall–Kier alpha value is -3.54. The normalized spacial score (nSPS) is 11.5. The van der Waals surface area contributed by atoms with Crippen molar-refractivity contribution in [2.45, 2.75) is 20.8 Å². The zero-order valence-electron chi connectivity index (χ0n) is 17.0. The summed E-state index contributed by atoms with van der Waals surface area (Å²) in [5, 5.41) is 16.3. The summed E-state index contributed by atoms with van der Waals surface area (Å²) in [6, 6.07) is 9.81. The molecule has 29 heavy (non-hydrogen) atoms. The van der Waals surface area contributed by atoms with Crippen LogP contribution in [0.15, 0.2) is 42.1 Å². The number of rotatable bonds is 5. The summed E-state index contributed by atoms with van der Waals surface area (Å²) in [6.07, 6.45) is 3.62. The second-order valence-corrected chi connectivity index (χ2v) is 7.14. The van der Waals surface area contributed by atoms with Crippen LogP contribution in [0.4, 0.5) is 0 Å². The van der Waals surface area contributed by atoms with Gasteiger partial charge in [-0.3, -0.25) is 9.59 Å². The van der Waals surface area contributed by atoms with E-state index in [1.54, 1.807) is 19.2 Å². The summed E-state index contributed by atoms with van der Waals surface area (Å²) in [5.41, 5.74) is 6.19. The molecule has 0 aliphatic rings. The van der Waals surface area contributed by atoms with Gasteiger partial charge in [0.25, 0.3) is 0 Å². The number of likely N-dealkylation sites (N-methyl/N-ethyl adjacent to an activating group) is 1. The lowest BCUT2D eigenvalue weighted by Crippen LogP contribution is -2.35. The smallest absolute Gasteiger partial charge is 0.247 e. The summed E-state index contributed by atoms with van der Waals surface area (Å²) < 4.78 is 0. The largest absolute Gasteiger partial charge is 0.506 e. The zero-order chi connectivity index (χ0) is 21.1. The minimum atomic E-state index is -0.280. The molecule has 0 fully saturated rings. The number of H-pyrrole nitrogens is 1. The van der Waals surface area contributed by atoms with Gasteiger partial charge in [0.1, 0.15) is 5.75 Å². The van der Waals surface area contributed by atoms with Crippen LogP contribution in [0.2, 0.25) is 0 Å². The van der Waals surface area contributed by atoms with Crippen LogP contribution in [-0.4, -0.2) is 35.5 Å².